The Morgan fingerprint density at radius 2 is 1.76 bits per heavy atom. The molecule has 6 heteroatoms. The molecule has 0 saturated carbocycles. The largest absolute Gasteiger partial charge is 0.375 e. The Morgan fingerprint density at radius 3 is 2.48 bits per heavy atom. The summed E-state index contributed by atoms with van der Waals surface area (Å²) in [7, 11) is 1.56. The molecule has 2 saturated heterocycles. The van der Waals surface area contributed by atoms with E-state index in [4.69, 9.17) is 9.72 Å². The third kappa shape index (κ3) is 4.55. The van der Waals surface area contributed by atoms with E-state index in [1.165, 1.54) is 31.2 Å². The molecule has 2 aliphatic rings. The van der Waals surface area contributed by atoms with Gasteiger partial charge in [0.05, 0.1) is 17.1 Å². The summed E-state index contributed by atoms with van der Waals surface area (Å²) in [6, 6.07) is 20.5. The molecular formula is C27H34N4O2. The maximum Gasteiger partial charge on any atom is 0.246 e. The third-order valence-corrected chi connectivity index (χ3v) is 7.49. The van der Waals surface area contributed by atoms with Gasteiger partial charge in [-0.25, -0.2) is 4.98 Å². The van der Waals surface area contributed by atoms with Crippen LogP contribution in [0.2, 0.25) is 0 Å². The topological polar surface area (TPSA) is 59.4 Å². The number of hydrogen-bond acceptors (Lipinski definition) is 4. The van der Waals surface area contributed by atoms with E-state index in [0.717, 1.165) is 29.9 Å². The van der Waals surface area contributed by atoms with Crippen molar-refractivity contribution in [3.63, 3.8) is 0 Å². The highest BCUT2D eigenvalue weighted by molar-refractivity contribution is 5.77. The molecule has 5 rings (SSSR count). The van der Waals surface area contributed by atoms with Gasteiger partial charge in [-0.2, -0.15) is 0 Å². The van der Waals surface area contributed by atoms with Crippen LogP contribution >= 0.6 is 0 Å². The minimum absolute atomic E-state index is 0.00538. The van der Waals surface area contributed by atoms with Gasteiger partial charge in [0, 0.05) is 31.8 Å². The van der Waals surface area contributed by atoms with Gasteiger partial charge >= 0.3 is 0 Å². The van der Waals surface area contributed by atoms with Crippen LogP contribution in [0.1, 0.15) is 55.6 Å². The molecule has 6 nitrogen and oxygen atoms in total. The molecule has 0 radical (unpaired) electrons. The Morgan fingerprint density at radius 1 is 1.06 bits per heavy atom. The zero-order chi connectivity index (χ0) is 22.8. The van der Waals surface area contributed by atoms with E-state index in [2.05, 4.69) is 58.1 Å². The van der Waals surface area contributed by atoms with E-state index >= 15 is 0 Å². The number of benzene rings is 2. The molecule has 0 unspecified atom stereocenters. The van der Waals surface area contributed by atoms with Gasteiger partial charge < -0.3 is 14.6 Å². The van der Waals surface area contributed by atoms with Crippen molar-refractivity contribution < 1.29 is 9.53 Å². The zero-order valence-electron chi connectivity index (χ0n) is 19.6. The minimum Gasteiger partial charge on any atom is -0.375 e. The summed E-state index contributed by atoms with van der Waals surface area (Å²) < 4.78 is 7.52. The standard InChI is InChI=1S/C27H34N4O2/c1-19-28-25-10-6-7-11-26(25)31(19)23-16-21-12-13-22(17-23)30(21)15-14-24(29-27(32)18-33-2)20-8-4-3-5-9-20/h3-11,21-24H,12-18H2,1-2H3,(H,29,32)/t21-,22+,23-,24-/m0/s1. The van der Waals surface area contributed by atoms with Crippen LogP contribution in [0, 0.1) is 6.92 Å². The summed E-state index contributed by atoms with van der Waals surface area (Å²) >= 11 is 0. The smallest absolute Gasteiger partial charge is 0.246 e. The predicted octanol–water partition coefficient (Wildman–Crippen LogP) is 4.41. The first-order valence-corrected chi connectivity index (χ1v) is 12.2. The van der Waals surface area contributed by atoms with Gasteiger partial charge in [-0.1, -0.05) is 42.5 Å². The summed E-state index contributed by atoms with van der Waals surface area (Å²) in [4.78, 5) is 19.8. The van der Waals surface area contributed by atoms with Crippen molar-refractivity contribution in [1.82, 2.24) is 19.8 Å². The summed E-state index contributed by atoms with van der Waals surface area (Å²) in [5.74, 6) is 1.06. The number of nitrogens with zero attached hydrogens (tertiary/aromatic N) is 3. The monoisotopic (exact) mass is 446 g/mol. The van der Waals surface area contributed by atoms with E-state index in [0.29, 0.717) is 18.1 Å². The molecule has 174 valence electrons. The molecule has 2 aliphatic heterocycles. The lowest BCUT2D eigenvalue weighted by Gasteiger charge is -2.40. The van der Waals surface area contributed by atoms with Crippen molar-refractivity contribution in [2.45, 2.75) is 63.2 Å². The fourth-order valence-corrected chi connectivity index (χ4v) is 6.10. The molecule has 0 aliphatic carbocycles. The summed E-state index contributed by atoms with van der Waals surface area (Å²) in [6.07, 6.45) is 5.77. The van der Waals surface area contributed by atoms with Crippen LogP contribution in [0.15, 0.2) is 54.6 Å². The van der Waals surface area contributed by atoms with Crippen molar-refractivity contribution in [3.05, 3.63) is 66.0 Å². The number of imidazole rings is 1. The fraction of sp³-hybridized carbons (Fsp3) is 0.481. The molecule has 3 heterocycles. The summed E-state index contributed by atoms with van der Waals surface area (Å²) in [5, 5.41) is 3.18. The molecule has 1 aromatic heterocycles. The number of aryl methyl sites for hydroxylation is 1. The van der Waals surface area contributed by atoms with E-state index in [9.17, 15) is 4.79 Å². The average molecular weight is 447 g/mol. The molecule has 1 amide bonds. The average Bonchev–Trinajstić information content (AvgIpc) is 3.28. The highest BCUT2D eigenvalue weighted by atomic mass is 16.5. The fourth-order valence-electron chi connectivity index (χ4n) is 6.10. The highest BCUT2D eigenvalue weighted by Gasteiger charge is 2.41. The van der Waals surface area contributed by atoms with E-state index in [1.54, 1.807) is 7.11 Å². The molecular weight excluding hydrogens is 412 g/mol. The molecule has 1 N–H and O–H groups in total. The van der Waals surface area contributed by atoms with Gasteiger partial charge in [-0.05, 0) is 56.7 Å². The molecule has 2 fully saturated rings. The Balaban J connectivity index is 1.28. The number of carbonyl (C=O) groups is 1. The molecule has 4 atom stereocenters. The third-order valence-electron chi connectivity index (χ3n) is 7.49. The van der Waals surface area contributed by atoms with Crippen molar-refractivity contribution in [2.24, 2.45) is 0 Å². The van der Waals surface area contributed by atoms with Crippen molar-refractivity contribution in [3.8, 4) is 0 Å². The number of aromatic nitrogens is 2. The van der Waals surface area contributed by atoms with Crippen LogP contribution in [0.3, 0.4) is 0 Å². The first-order chi connectivity index (χ1) is 16.1. The second kappa shape index (κ2) is 9.65. The van der Waals surface area contributed by atoms with E-state index < -0.39 is 0 Å². The normalized spacial score (nSPS) is 23.6. The van der Waals surface area contributed by atoms with Crippen LogP contribution in [0.5, 0.6) is 0 Å². The van der Waals surface area contributed by atoms with Crippen LogP contribution in [-0.4, -0.2) is 52.7 Å². The van der Waals surface area contributed by atoms with E-state index in [-0.39, 0.29) is 18.6 Å². The van der Waals surface area contributed by atoms with Crippen molar-refractivity contribution in [1.29, 1.82) is 0 Å². The maximum absolute atomic E-state index is 12.3. The number of methoxy groups -OCH3 is 1. The lowest BCUT2D eigenvalue weighted by Crippen LogP contribution is -2.45. The number of amides is 1. The molecule has 0 spiro atoms. The van der Waals surface area contributed by atoms with Gasteiger partial charge in [0.25, 0.3) is 0 Å². The van der Waals surface area contributed by atoms with Crippen molar-refractivity contribution in [2.75, 3.05) is 20.3 Å². The Kier molecular flexibility index (Phi) is 6.47. The van der Waals surface area contributed by atoms with Crippen LogP contribution < -0.4 is 5.32 Å². The predicted molar refractivity (Wildman–Crippen MR) is 130 cm³/mol. The van der Waals surface area contributed by atoms with Crippen LogP contribution in [-0.2, 0) is 9.53 Å². The minimum atomic E-state index is -0.0597. The number of piperidine rings is 1. The lowest BCUT2D eigenvalue weighted by atomic mass is 9.95. The zero-order valence-corrected chi connectivity index (χ0v) is 19.6. The molecule has 2 bridgehead atoms. The van der Waals surface area contributed by atoms with Crippen molar-refractivity contribution >= 4 is 16.9 Å². The van der Waals surface area contributed by atoms with Crippen LogP contribution in [0.4, 0.5) is 0 Å². The number of rotatable bonds is 8. The van der Waals surface area contributed by atoms with E-state index in [1.807, 2.05) is 18.2 Å². The first kappa shape index (κ1) is 22.1. The van der Waals surface area contributed by atoms with Crippen LogP contribution in [0.25, 0.3) is 11.0 Å². The summed E-state index contributed by atoms with van der Waals surface area (Å²) in [6.45, 7) is 3.23. The molecule has 3 aromatic rings. The summed E-state index contributed by atoms with van der Waals surface area (Å²) in [5.41, 5.74) is 3.52. The Bertz CT molecular complexity index is 1080. The van der Waals surface area contributed by atoms with Gasteiger partial charge in [0.1, 0.15) is 12.4 Å². The first-order valence-electron chi connectivity index (χ1n) is 12.2. The lowest BCUT2D eigenvalue weighted by molar-refractivity contribution is -0.125. The maximum atomic E-state index is 12.3. The second-order valence-corrected chi connectivity index (χ2v) is 9.52. The number of para-hydroxylation sites is 2. The van der Waals surface area contributed by atoms with Gasteiger partial charge in [-0.15, -0.1) is 0 Å². The number of fused-ring (bicyclic) bond motifs is 3. The molecule has 2 aromatic carbocycles. The van der Waals surface area contributed by atoms with Gasteiger partial charge in [0.15, 0.2) is 0 Å². The van der Waals surface area contributed by atoms with Gasteiger partial charge in [0.2, 0.25) is 5.91 Å². The highest BCUT2D eigenvalue weighted by Crippen LogP contribution is 2.42. The Hall–Kier alpha value is -2.70. The number of carbonyl (C=O) groups excluding carboxylic acids is 1. The number of hydrogen-bond donors (Lipinski definition) is 1. The Labute approximate surface area is 195 Å². The molecule has 33 heavy (non-hydrogen) atoms. The van der Waals surface area contributed by atoms with Gasteiger partial charge in [-0.3, -0.25) is 9.69 Å². The number of ether oxygens (including phenoxy) is 1. The number of nitrogens with one attached hydrogen (secondary N) is 1. The second-order valence-electron chi connectivity index (χ2n) is 9.52. The quantitative estimate of drug-likeness (QED) is 0.557. The SMILES string of the molecule is COCC(=O)N[C@@H](CCN1[C@@H]2CC[C@H]1C[C@H](n1c(C)nc3ccccc31)C2)c1ccccc1.